The van der Waals surface area contributed by atoms with E-state index in [1.807, 2.05) is 0 Å². The summed E-state index contributed by atoms with van der Waals surface area (Å²) in [5, 5.41) is 0. The largest absolute Gasteiger partial charge is 0.385 e. The number of nitrogens with zero attached hydrogens (tertiary/aromatic N) is 1. The fraction of sp³-hybridized carbons (Fsp3) is 1.00. The molecule has 0 aromatic carbocycles. The molecule has 1 atom stereocenters. The molecule has 2 N–H and O–H groups in total. The minimum absolute atomic E-state index is 0.371. The first-order chi connectivity index (χ1) is 6.74. The van der Waals surface area contributed by atoms with Crippen LogP contribution in [-0.4, -0.2) is 44.3 Å². The van der Waals surface area contributed by atoms with E-state index in [2.05, 4.69) is 11.8 Å². The topological polar surface area (TPSA) is 38.5 Å². The summed E-state index contributed by atoms with van der Waals surface area (Å²) in [5.41, 5.74) is 5.90. The fourth-order valence-electron chi connectivity index (χ4n) is 2.13. The highest BCUT2D eigenvalue weighted by Crippen LogP contribution is 2.19. The summed E-state index contributed by atoms with van der Waals surface area (Å²) in [4.78, 5) is 2.53. The van der Waals surface area contributed by atoms with Gasteiger partial charge in [-0.15, -0.1) is 0 Å². The number of likely N-dealkylation sites (tertiary alicyclic amines) is 1. The van der Waals surface area contributed by atoms with Gasteiger partial charge in [0.25, 0.3) is 0 Å². The average Bonchev–Trinajstić information content (AvgIpc) is 2.19. The number of hydrogen-bond acceptors (Lipinski definition) is 3. The summed E-state index contributed by atoms with van der Waals surface area (Å²) >= 11 is 0. The molecular weight excluding hydrogens is 176 g/mol. The number of rotatable bonds is 5. The molecule has 84 valence electrons. The number of ether oxygens (including phenoxy) is 1. The second kappa shape index (κ2) is 6.38. The molecule has 14 heavy (non-hydrogen) atoms. The standard InChI is InChI=1S/C11H24N2O/c1-10(12)11-4-7-13(8-5-11)6-3-9-14-2/h10-11H,3-9,12H2,1-2H3. The van der Waals surface area contributed by atoms with E-state index in [-0.39, 0.29) is 0 Å². The first-order valence-electron chi connectivity index (χ1n) is 5.71. The molecule has 1 heterocycles. The van der Waals surface area contributed by atoms with Crippen molar-refractivity contribution in [2.24, 2.45) is 11.7 Å². The van der Waals surface area contributed by atoms with Crippen molar-refractivity contribution in [1.29, 1.82) is 0 Å². The molecule has 0 aliphatic carbocycles. The second-order valence-electron chi connectivity index (χ2n) is 4.38. The lowest BCUT2D eigenvalue weighted by molar-refractivity contribution is 0.141. The second-order valence-corrected chi connectivity index (χ2v) is 4.38. The van der Waals surface area contributed by atoms with Crippen LogP contribution in [0.1, 0.15) is 26.2 Å². The normalized spacial score (nSPS) is 22.5. The maximum Gasteiger partial charge on any atom is 0.0474 e. The predicted octanol–water partition coefficient (Wildman–Crippen LogP) is 1.08. The van der Waals surface area contributed by atoms with E-state index < -0.39 is 0 Å². The maximum atomic E-state index is 5.90. The molecule has 3 nitrogen and oxygen atoms in total. The molecule has 1 unspecified atom stereocenters. The van der Waals surface area contributed by atoms with Gasteiger partial charge in [0.2, 0.25) is 0 Å². The molecule has 0 radical (unpaired) electrons. The van der Waals surface area contributed by atoms with Gasteiger partial charge >= 0.3 is 0 Å². The Morgan fingerprint density at radius 2 is 2.07 bits per heavy atom. The van der Waals surface area contributed by atoms with Gasteiger partial charge in [-0.3, -0.25) is 0 Å². The summed E-state index contributed by atoms with van der Waals surface area (Å²) < 4.78 is 5.05. The summed E-state index contributed by atoms with van der Waals surface area (Å²) in [6.45, 7) is 6.63. The van der Waals surface area contributed by atoms with Crippen molar-refractivity contribution >= 4 is 0 Å². The van der Waals surface area contributed by atoms with Crippen LogP contribution in [0.2, 0.25) is 0 Å². The van der Waals surface area contributed by atoms with Gasteiger partial charge in [-0.2, -0.15) is 0 Å². The van der Waals surface area contributed by atoms with Crippen molar-refractivity contribution in [2.75, 3.05) is 33.4 Å². The number of piperidine rings is 1. The third-order valence-corrected chi connectivity index (χ3v) is 3.20. The molecule has 0 saturated carbocycles. The van der Waals surface area contributed by atoms with Crippen molar-refractivity contribution < 1.29 is 4.74 Å². The van der Waals surface area contributed by atoms with E-state index >= 15 is 0 Å². The zero-order chi connectivity index (χ0) is 10.4. The van der Waals surface area contributed by atoms with E-state index in [4.69, 9.17) is 10.5 Å². The summed E-state index contributed by atoms with van der Waals surface area (Å²) in [6, 6.07) is 0.371. The van der Waals surface area contributed by atoms with E-state index in [1.165, 1.54) is 32.5 Å². The molecule has 1 aliphatic rings. The maximum absolute atomic E-state index is 5.90. The molecule has 1 aliphatic heterocycles. The van der Waals surface area contributed by atoms with Crippen molar-refractivity contribution in [1.82, 2.24) is 4.90 Å². The van der Waals surface area contributed by atoms with Crippen LogP contribution in [0, 0.1) is 5.92 Å². The monoisotopic (exact) mass is 200 g/mol. The third kappa shape index (κ3) is 3.95. The Morgan fingerprint density at radius 1 is 1.43 bits per heavy atom. The number of hydrogen-bond donors (Lipinski definition) is 1. The quantitative estimate of drug-likeness (QED) is 0.675. The van der Waals surface area contributed by atoms with E-state index in [1.54, 1.807) is 7.11 Å². The van der Waals surface area contributed by atoms with E-state index in [9.17, 15) is 0 Å². The van der Waals surface area contributed by atoms with Gasteiger partial charge in [0.15, 0.2) is 0 Å². The van der Waals surface area contributed by atoms with Crippen LogP contribution in [0.5, 0.6) is 0 Å². The highest BCUT2D eigenvalue weighted by molar-refractivity contribution is 4.77. The zero-order valence-corrected chi connectivity index (χ0v) is 9.54. The molecule has 0 aromatic heterocycles. The van der Waals surface area contributed by atoms with Crippen LogP contribution in [0.4, 0.5) is 0 Å². The van der Waals surface area contributed by atoms with Crippen LogP contribution >= 0.6 is 0 Å². The highest BCUT2D eigenvalue weighted by atomic mass is 16.5. The Morgan fingerprint density at radius 3 is 2.57 bits per heavy atom. The average molecular weight is 200 g/mol. The minimum atomic E-state index is 0.371. The molecule has 0 bridgehead atoms. The predicted molar refractivity (Wildman–Crippen MR) is 59.3 cm³/mol. The van der Waals surface area contributed by atoms with Crippen LogP contribution in [0.15, 0.2) is 0 Å². The molecule has 1 fully saturated rings. The molecular formula is C11H24N2O. The Labute approximate surface area is 87.6 Å². The molecule has 1 rings (SSSR count). The Kier molecular flexibility index (Phi) is 5.45. The molecule has 1 saturated heterocycles. The highest BCUT2D eigenvalue weighted by Gasteiger charge is 2.21. The van der Waals surface area contributed by atoms with Crippen molar-refractivity contribution in [3.63, 3.8) is 0 Å². The van der Waals surface area contributed by atoms with Gasteiger partial charge < -0.3 is 15.4 Å². The number of methoxy groups -OCH3 is 1. The molecule has 3 heteroatoms. The minimum Gasteiger partial charge on any atom is -0.385 e. The lowest BCUT2D eigenvalue weighted by atomic mass is 9.91. The number of nitrogens with two attached hydrogens (primary N) is 1. The summed E-state index contributed by atoms with van der Waals surface area (Å²) in [7, 11) is 1.77. The summed E-state index contributed by atoms with van der Waals surface area (Å²) in [6.07, 6.45) is 3.69. The fourth-order valence-corrected chi connectivity index (χ4v) is 2.13. The van der Waals surface area contributed by atoms with Crippen molar-refractivity contribution in [2.45, 2.75) is 32.2 Å². The zero-order valence-electron chi connectivity index (χ0n) is 9.54. The van der Waals surface area contributed by atoms with Crippen molar-refractivity contribution in [3.8, 4) is 0 Å². The van der Waals surface area contributed by atoms with Gasteiger partial charge in [-0.1, -0.05) is 0 Å². The first kappa shape index (κ1) is 12.0. The first-order valence-corrected chi connectivity index (χ1v) is 5.71. The van der Waals surface area contributed by atoms with Crippen LogP contribution in [-0.2, 0) is 4.74 Å². The van der Waals surface area contributed by atoms with E-state index in [0.29, 0.717) is 6.04 Å². The Balaban J connectivity index is 2.09. The van der Waals surface area contributed by atoms with Gasteiger partial charge in [0, 0.05) is 26.3 Å². The van der Waals surface area contributed by atoms with Gasteiger partial charge in [-0.05, 0) is 45.2 Å². The van der Waals surface area contributed by atoms with Crippen molar-refractivity contribution in [3.05, 3.63) is 0 Å². The van der Waals surface area contributed by atoms with Gasteiger partial charge in [-0.25, -0.2) is 0 Å². The van der Waals surface area contributed by atoms with E-state index in [0.717, 1.165) is 18.9 Å². The third-order valence-electron chi connectivity index (χ3n) is 3.20. The smallest absolute Gasteiger partial charge is 0.0474 e. The van der Waals surface area contributed by atoms with Crippen LogP contribution in [0.3, 0.4) is 0 Å². The molecule has 0 aromatic rings. The lowest BCUT2D eigenvalue weighted by Gasteiger charge is -2.33. The van der Waals surface area contributed by atoms with Crippen LogP contribution in [0.25, 0.3) is 0 Å². The van der Waals surface area contributed by atoms with Gasteiger partial charge in [0.05, 0.1) is 0 Å². The van der Waals surface area contributed by atoms with Gasteiger partial charge in [0.1, 0.15) is 0 Å². The summed E-state index contributed by atoms with van der Waals surface area (Å²) in [5.74, 6) is 0.744. The van der Waals surface area contributed by atoms with Crippen LogP contribution < -0.4 is 5.73 Å². The SMILES string of the molecule is COCCCN1CCC(C(C)N)CC1. The molecule has 0 amide bonds. The Bertz CT molecular complexity index is 142. The molecule has 0 spiro atoms. The lowest BCUT2D eigenvalue weighted by Crippen LogP contribution is -2.40. The Hall–Kier alpha value is -0.120.